The fraction of sp³-hybridized carbons (Fsp3) is 0.231. The van der Waals surface area contributed by atoms with Crippen LogP contribution in [0.3, 0.4) is 0 Å². The number of rotatable bonds is 4. The normalized spacial score (nSPS) is 11.8. The average Bonchev–Trinajstić information content (AvgIpc) is 3.04. The highest BCUT2D eigenvalue weighted by Gasteiger charge is 2.22. The van der Waals surface area contributed by atoms with Crippen molar-refractivity contribution in [2.24, 2.45) is 14.1 Å². The molecule has 8 nitrogen and oxygen atoms in total. The largest absolute Gasteiger partial charge is 0.496 e. The van der Waals surface area contributed by atoms with E-state index in [0.29, 0.717) is 11.1 Å². The Morgan fingerprint density at radius 3 is 2.68 bits per heavy atom. The van der Waals surface area contributed by atoms with E-state index in [-0.39, 0.29) is 10.8 Å². The van der Waals surface area contributed by atoms with Gasteiger partial charge in [0.15, 0.2) is 10.8 Å². The van der Waals surface area contributed by atoms with E-state index in [2.05, 4.69) is 14.8 Å². The van der Waals surface area contributed by atoms with Crippen LogP contribution in [0.1, 0.15) is 0 Å². The van der Waals surface area contributed by atoms with Crippen molar-refractivity contribution in [2.75, 3.05) is 11.8 Å². The molecular weight excluding hydrogens is 306 g/mol. The van der Waals surface area contributed by atoms with Gasteiger partial charge in [0, 0.05) is 20.3 Å². The molecule has 0 fully saturated rings. The van der Waals surface area contributed by atoms with Crippen molar-refractivity contribution in [3.8, 4) is 5.75 Å². The van der Waals surface area contributed by atoms with Crippen LogP contribution < -0.4 is 9.46 Å². The van der Waals surface area contributed by atoms with Crippen LogP contribution in [0.25, 0.3) is 10.9 Å². The molecule has 0 saturated carbocycles. The van der Waals surface area contributed by atoms with Gasteiger partial charge >= 0.3 is 0 Å². The second kappa shape index (κ2) is 5.02. The van der Waals surface area contributed by atoms with Crippen LogP contribution >= 0.6 is 0 Å². The van der Waals surface area contributed by atoms with Crippen molar-refractivity contribution in [1.82, 2.24) is 19.3 Å². The zero-order valence-corrected chi connectivity index (χ0v) is 13.1. The molecule has 0 aliphatic heterocycles. The molecule has 9 heteroatoms. The molecule has 1 N–H and O–H groups in total. The summed E-state index contributed by atoms with van der Waals surface area (Å²) in [6.07, 6.45) is 2.84. The van der Waals surface area contributed by atoms with Gasteiger partial charge in [0.1, 0.15) is 5.75 Å². The molecule has 0 bridgehead atoms. The number of nitrogens with zero attached hydrogens (tertiary/aromatic N) is 4. The molecule has 22 heavy (non-hydrogen) atoms. The molecule has 0 spiro atoms. The van der Waals surface area contributed by atoms with Crippen molar-refractivity contribution >= 4 is 26.7 Å². The first kappa shape index (κ1) is 14.4. The van der Waals surface area contributed by atoms with E-state index in [9.17, 15) is 8.42 Å². The van der Waals surface area contributed by atoms with E-state index in [1.807, 2.05) is 12.1 Å². The number of aryl methyl sites for hydroxylation is 2. The molecule has 0 saturated heterocycles. The summed E-state index contributed by atoms with van der Waals surface area (Å²) in [5.41, 5.74) is 0.762. The van der Waals surface area contributed by atoms with Crippen molar-refractivity contribution in [1.29, 1.82) is 0 Å². The van der Waals surface area contributed by atoms with Crippen molar-refractivity contribution in [3.63, 3.8) is 0 Å². The maximum atomic E-state index is 12.4. The number of hydrogen-bond acceptors (Lipinski definition) is 5. The van der Waals surface area contributed by atoms with Crippen LogP contribution in [-0.4, -0.2) is 34.9 Å². The Balaban J connectivity index is 2.11. The lowest BCUT2D eigenvalue weighted by Gasteiger charge is -2.05. The predicted octanol–water partition coefficient (Wildman–Crippen LogP) is 1.12. The molecular formula is C13H15N5O3S. The van der Waals surface area contributed by atoms with Gasteiger partial charge in [-0.05, 0) is 12.1 Å². The molecule has 2 heterocycles. The Morgan fingerprint density at radius 1 is 1.27 bits per heavy atom. The molecule has 0 unspecified atom stereocenters. The lowest BCUT2D eigenvalue weighted by atomic mass is 10.2. The van der Waals surface area contributed by atoms with E-state index in [1.165, 1.54) is 19.6 Å². The smallest absolute Gasteiger partial charge is 0.282 e. The lowest BCUT2D eigenvalue weighted by Crippen LogP contribution is -2.14. The highest BCUT2D eigenvalue weighted by Crippen LogP contribution is 2.32. The zero-order chi connectivity index (χ0) is 15.9. The summed E-state index contributed by atoms with van der Waals surface area (Å²) >= 11 is 0. The van der Waals surface area contributed by atoms with Gasteiger partial charge in [-0.1, -0.05) is 6.07 Å². The zero-order valence-electron chi connectivity index (χ0n) is 12.3. The number of imidazole rings is 1. The Kier molecular flexibility index (Phi) is 3.28. The van der Waals surface area contributed by atoms with E-state index >= 15 is 0 Å². The van der Waals surface area contributed by atoms with Gasteiger partial charge in [0.05, 0.1) is 24.3 Å². The number of ether oxygens (including phenoxy) is 1. The fourth-order valence-corrected chi connectivity index (χ4v) is 3.22. The lowest BCUT2D eigenvalue weighted by molar-refractivity contribution is 0.420. The summed E-state index contributed by atoms with van der Waals surface area (Å²) in [6.45, 7) is 0. The number of hydrogen-bond donors (Lipinski definition) is 1. The minimum Gasteiger partial charge on any atom is -0.496 e. The van der Waals surface area contributed by atoms with Gasteiger partial charge in [0.2, 0.25) is 0 Å². The Bertz CT molecular complexity index is 942. The monoisotopic (exact) mass is 321 g/mol. The highest BCUT2D eigenvalue weighted by atomic mass is 32.2. The topological polar surface area (TPSA) is 91.0 Å². The number of sulfonamides is 1. The SMILES string of the molecule is COc1cccc2c1c(NS(=O)(=O)c1cn(C)cn1)nn2C. The molecule has 0 aliphatic carbocycles. The number of nitrogens with one attached hydrogen (secondary N) is 1. The van der Waals surface area contributed by atoms with E-state index in [0.717, 1.165) is 5.52 Å². The Hall–Kier alpha value is -2.55. The Morgan fingerprint density at radius 2 is 2.05 bits per heavy atom. The minimum atomic E-state index is -3.81. The summed E-state index contributed by atoms with van der Waals surface area (Å²) in [6, 6.07) is 5.41. The third-order valence-electron chi connectivity index (χ3n) is 3.25. The van der Waals surface area contributed by atoms with Crippen LogP contribution in [-0.2, 0) is 24.1 Å². The standard InChI is InChI=1S/C13H15N5O3S/c1-17-7-11(14-8-17)22(19,20)16-13-12-9(18(2)15-13)5-4-6-10(12)21-3/h4-8H,1-3H3,(H,15,16). The van der Waals surface area contributed by atoms with Gasteiger partial charge in [0.25, 0.3) is 10.0 Å². The number of benzene rings is 1. The fourth-order valence-electron chi connectivity index (χ4n) is 2.23. The molecule has 3 aromatic rings. The second-order valence-electron chi connectivity index (χ2n) is 4.81. The first-order valence-corrected chi connectivity index (χ1v) is 7.91. The van der Waals surface area contributed by atoms with E-state index < -0.39 is 10.0 Å². The Labute approximate surface area is 127 Å². The van der Waals surface area contributed by atoms with Crippen molar-refractivity contribution in [2.45, 2.75) is 5.03 Å². The van der Waals surface area contributed by atoms with Gasteiger partial charge in [-0.25, -0.2) is 4.98 Å². The van der Waals surface area contributed by atoms with Crippen molar-refractivity contribution in [3.05, 3.63) is 30.7 Å². The third kappa shape index (κ3) is 2.29. The minimum absolute atomic E-state index is 0.0660. The van der Waals surface area contributed by atoms with Crippen LogP contribution in [0.5, 0.6) is 5.75 Å². The quantitative estimate of drug-likeness (QED) is 0.777. The number of aromatic nitrogens is 4. The first-order valence-electron chi connectivity index (χ1n) is 6.43. The first-order chi connectivity index (χ1) is 10.4. The van der Waals surface area contributed by atoms with E-state index in [4.69, 9.17) is 4.74 Å². The summed E-state index contributed by atoms with van der Waals surface area (Å²) in [5, 5.41) is 4.77. The number of fused-ring (bicyclic) bond motifs is 1. The van der Waals surface area contributed by atoms with E-state index in [1.54, 1.807) is 29.4 Å². The summed E-state index contributed by atoms with van der Waals surface area (Å²) in [5.74, 6) is 0.755. The summed E-state index contributed by atoms with van der Waals surface area (Å²) in [7, 11) is 1.15. The summed E-state index contributed by atoms with van der Waals surface area (Å²) < 4.78 is 35.7. The molecule has 0 atom stereocenters. The third-order valence-corrected chi connectivity index (χ3v) is 4.47. The molecule has 0 amide bonds. The molecule has 1 aromatic carbocycles. The maximum Gasteiger partial charge on any atom is 0.282 e. The molecule has 0 aliphatic rings. The molecule has 3 rings (SSSR count). The molecule has 116 valence electrons. The van der Waals surface area contributed by atoms with Crippen LogP contribution in [0, 0.1) is 0 Å². The summed E-state index contributed by atoms with van der Waals surface area (Å²) in [4.78, 5) is 3.86. The van der Waals surface area contributed by atoms with Crippen LogP contribution in [0.4, 0.5) is 5.82 Å². The van der Waals surface area contributed by atoms with Gasteiger partial charge in [-0.2, -0.15) is 13.5 Å². The van der Waals surface area contributed by atoms with Gasteiger partial charge < -0.3 is 9.30 Å². The second-order valence-corrected chi connectivity index (χ2v) is 6.44. The van der Waals surface area contributed by atoms with Gasteiger partial charge in [-0.15, -0.1) is 0 Å². The highest BCUT2D eigenvalue weighted by molar-refractivity contribution is 7.92. The van der Waals surface area contributed by atoms with Gasteiger partial charge in [-0.3, -0.25) is 9.40 Å². The van der Waals surface area contributed by atoms with Crippen LogP contribution in [0.15, 0.2) is 35.7 Å². The van der Waals surface area contributed by atoms with Crippen LogP contribution in [0.2, 0.25) is 0 Å². The molecule has 0 radical (unpaired) electrons. The average molecular weight is 321 g/mol. The maximum absolute atomic E-state index is 12.4. The van der Waals surface area contributed by atoms with Crippen molar-refractivity contribution < 1.29 is 13.2 Å². The number of anilines is 1. The number of methoxy groups -OCH3 is 1. The molecule has 2 aromatic heterocycles. The predicted molar refractivity (Wildman–Crippen MR) is 81.3 cm³/mol.